The van der Waals surface area contributed by atoms with Gasteiger partial charge in [-0.3, -0.25) is 0 Å². The van der Waals surface area contributed by atoms with Crippen molar-refractivity contribution in [2.45, 2.75) is 44.6 Å². The maximum absolute atomic E-state index is 13.2. The number of hydrogen-bond donors (Lipinski definition) is 1. The Hall–Kier alpha value is -1.68. The van der Waals surface area contributed by atoms with Gasteiger partial charge in [-0.05, 0) is 67.8 Å². The van der Waals surface area contributed by atoms with Crippen LogP contribution in [0.2, 0.25) is 5.28 Å². The summed E-state index contributed by atoms with van der Waals surface area (Å²) in [5.41, 5.74) is 3.24. The van der Waals surface area contributed by atoms with Crippen molar-refractivity contribution in [3.05, 3.63) is 52.2 Å². The standard InChI is InChI=1S/C18H19ClFN3/c1-10(11-2-3-11)21-17-15-9-8-14(16(15)22-18(19)23-17)12-4-6-13(20)7-5-12/h4-7,10-11,14H,2-3,8-9H2,1H3,(H,21,22,23)/t10-,14?/m1/s1. The Morgan fingerprint density at radius 3 is 2.61 bits per heavy atom. The Kier molecular flexibility index (Phi) is 3.72. The monoisotopic (exact) mass is 331 g/mol. The molecule has 0 amide bonds. The molecule has 1 aromatic carbocycles. The first-order chi connectivity index (χ1) is 11.1. The number of nitrogens with zero attached hydrogens (tertiary/aromatic N) is 2. The van der Waals surface area contributed by atoms with Gasteiger partial charge in [-0.15, -0.1) is 0 Å². The topological polar surface area (TPSA) is 37.8 Å². The van der Waals surface area contributed by atoms with Crippen LogP contribution in [-0.4, -0.2) is 16.0 Å². The number of rotatable bonds is 4. The molecule has 2 aliphatic rings. The number of halogens is 2. The first-order valence-electron chi connectivity index (χ1n) is 8.20. The van der Waals surface area contributed by atoms with Gasteiger partial charge in [-0.2, -0.15) is 0 Å². The lowest BCUT2D eigenvalue weighted by Gasteiger charge is -2.17. The van der Waals surface area contributed by atoms with E-state index in [0.717, 1.165) is 41.4 Å². The molecule has 5 heteroatoms. The Balaban J connectivity index is 1.67. The second kappa shape index (κ2) is 5.75. The van der Waals surface area contributed by atoms with E-state index >= 15 is 0 Å². The molecule has 23 heavy (non-hydrogen) atoms. The predicted molar refractivity (Wildman–Crippen MR) is 89.4 cm³/mol. The van der Waals surface area contributed by atoms with Crippen LogP contribution in [0.25, 0.3) is 0 Å². The van der Waals surface area contributed by atoms with E-state index in [1.165, 1.54) is 25.0 Å². The number of benzene rings is 1. The van der Waals surface area contributed by atoms with Crippen molar-refractivity contribution >= 4 is 17.4 Å². The Labute approximate surface area is 140 Å². The summed E-state index contributed by atoms with van der Waals surface area (Å²) in [6, 6.07) is 7.10. The lowest BCUT2D eigenvalue weighted by molar-refractivity contribution is 0.625. The minimum Gasteiger partial charge on any atom is -0.367 e. The van der Waals surface area contributed by atoms with E-state index in [-0.39, 0.29) is 17.0 Å². The van der Waals surface area contributed by atoms with E-state index in [1.54, 1.807) is 0 Å². The summed E-state index contributed by atoms with van der Waals surface area (Å²) >= 11 is 6.16. The second-order valence-corrected chi connectivity index (χ2v) is 6.96. The highest BCUT2D eigenvalue weighted by atomic mass is 35.5. The van der Waals surface area contributed by atoms with Crippen LogP contribution >= 0.6 is 11.6 Å². The fourth-order valence-corrected chi connectivity index (χ4v) is 3.68. The van der Waals surface area contributed by atoms with Gasteiger partial charge in [0, 0.05) is 17.5 Å². The number of hydrogen-bond acceptors (Lipinski definition) is 3. The van der Waals surface area contributed by atoms with Crippen LogP contribution < -0.4 is 5.32 Å². The molecular weight excluding hydrogens is 313 g/mol. The molecule has 1 heterocycles. The van der Waals surface area contributed by atoms with E-state index in [9.17, 15) is 4.39 Å². The van der Waals surface area contributed by atoms with Crippen LogP contribution in [0.4, 0.5) is 10.2 Å². The minimum absolute atomic E-state index is 0.169. The first-order valence-corrected chi connectivity index (χ1v) is 8.58. The summed E-state index contributed by atoms with van der Waals surface area (Å²) in [5.74, 6) is 1.58. The molecule has 1 aromatic heterocycles. The molecule has 1 N–H and O–H groups in total. The Morgan fingerprint density at radius 2 is 1.91 bits per heavy atom. The van der Waals surface area contributed by atoms with E-state index in [4.69, 9.17) is 11.6 Å². The fourth-order valence-electron chi connectivity index (χ4n) is 3.50. The van der Waals surface area contributed by atoms with Crippen molar-refractivity contribution < 1.29 is 4.39 Å². The van der Waals surface area contributed by atoms with Gasteiger partial charge in [0.15, 0.2) is 0 Å². The molecule has 1 saturated carbocycles. The largest absolute Gasteiger partial charge is 0.367 e. The van der Waals surface area contributed by atoms with Crippen LogP contribution in [0.1, 0.15) is 48.9 Å². The van der Waals surface area contributed by atoms with Crippen molar-refractivity contribution in [2.75, 3.05) is 5.32 Å². The number of aromatic nitrogens is 2. The number of fused-ring (bicyclic) bond motifs is 1. The SMILES string of the molecule is C[C@@H](Nc1nc(Cl)nc2c1CCC2c1ccc(F)cc1)C1CC1. The summed E-state index contributed by atoms with van der Waals surface area (Å²) < 4.78 is 13.2. The Bertz CT molecular complexity index is 728. The highest BCUT2D eigenvalue weighted by Crippen LogP contribution is 2.41. The van der Waals surface area contributed by atoms with E-state index < -0.39 is 0 Å². The molecule has 0 aliphatic heterocycles. The molecule has 0 radical (unpaired) electrons. The van der Waals surface area contributed by atoms with Gasteiger partial charge in [0.1, 0.15) is 11.6 Å². The molecule has 1 unspecified atom stereocenters. The lowest BCUT2D eigenvalue weighted by Crippen LogP contribution is -2.19. The molecule has 4 rings (SSSR count). The fraction of sp³-hybridized carbons (Fsp3) is 0.444. The minimum atomic E-state index is -0.215. The van der Waals surface area contributed by atoms with E-state index in [1.807, 2.05) is 12.1 Å². The van der Waals surface area contributed by atoms with Crippen molar-refractivity contribution in [3.8, 4) is 0 Å². The van der Waals surface area contributed by atoms with Crippen LogP contribution in [0.5, 0.6) is 0 Å². The molecule has 1 fully saturated rings. The summed E-state index contributed by atoms with van der Waals surface area (Å²) in [5, 5.41) is 3.81. The molecule has 2 atom stereocenters. The maximum Gasteiger partial charge on any atom is 0.224 e. The zero-order chi connectivity index (χ0) is 16.0. The van der Waals surface area contributed by atoms with Gasteiger partial charge in [0.2, 0.25) is 5.28 Å². The third-order valence-corrected chi connectivity index (χ3v) is 5.16. The first kappa shape index (κ1) is 14.9. The zero-order valence-corrected chi connectivity index (χ0v) is 13.8. The highest BCUT2D eigenvalue weighted by molar-refractivity contribution is 6.28. The molecule has 3 nitrogen and oxygen atoms in total. The van der Waals surface area contributed by atoms with Gasteiger partial charge in [0.05, 0.1) is 5.69 Å². The van der Waals surface area contributed by atoms with E-state index in [2.05, 4.69) is 22.2 Å². The maximum atomic E-state index is 13.2. The lowest BCUT2D eigenvalue weighted by atomic mass is 9.97. The molecule has 0 saturated heterocycles. The van der Waals surface area contributed by atoms with Gasteiger partial charge in [-0.1, -0.05) is 12.1 Å². The average molecular weight is 332 g/mol. The van der Waals surface area contributed by atoms with E-state index in [0.29, 0.717) is 6.04 Å². The van der Waals surface area contributed by atoms with Gasteiger partial charge < -0.3 is 5.32 Å². The predicted octanol–water partition coefficient (Wildman–Crippen LogP) is 4.56. The highest BCUT2D eigenvalue weighted by Gasteiger charge is 2.32. The molecule has 2 aromatic rings. The third kappa shape index (κ3) is 2.92. The number of nitrogens with one attached hydrogen (secondary N) is 1. The third-order valence-electron chi connectivity index (χ3n) is 4.99. The normalized spacial score (nSPS) is 21.1. The van der Waals surface area contributed by atoms with Gasteiger partial charge in [-0.25, -0.2) is 14.4 Å². The van der Waals surface area contributed by atoms with Crippen LogP contribution in [-0.2, 0) is 6.42 Å². The van der Waals surface area contributed by atoms with Gasteiger partial charge >= 0.3 is 0 Å². The second-order valence-electron chi connectivity index (χ2n) is 6.62. The molecular formula is C18H19ClFN3. The zero-order valence-electron chi connectivity index (χ0n) is 13.0. The number of anilines is 1. The van der Waals surface area contributed by atoms with Gasteiger partial charge in [0.25, 0.3) is 0 Å². The quantitative estimate of drug-likeness (QED) is 0.835. The van der Waals surface area contributed by atoms with Crippen molar-refractivity contribution in [1.82, 2.24) is 9.97 Å². The van der Waals surface area contributed by atoms with Crippen molar-refractivity contribution in [1.29, 1.82) is 0 Å². The van der Waals surface area contributed by atoms with Crippen LogP contribution in [0.15, 0.2) is 24.3 Å². The summed E-state index contributed by atoms with van der Waals surface area (Å²) in [4.78, 5) is 8.90. The van der Waals surface area contributed by atoms with Crippen LogP contribution in [0.3, 0.4) is 0 Å². The summed E-state index contributed by atoms with van der Waals surface area (Å²) in [7, 11) is 0. The molecule has 0 spiro atoms. The average Bonchev–Trinajstić information content (AvgIpc) is 3.29. The summed E-state index contributed by atoms with van der Waals surface area (Å²) in [6.07, 6.45) is 4.46. The van der Waals surface area contributed by atoms with Crippen LogP contribution in [0, 0.1) is 11.7 Å². The molecule has 0 bridgehead atoms. The molecule has 120 valence electrons. The molecule has 2 aliphatic carbocycles. The Morgan fingerprint density at radius 1 is 1.17 bits per heavy atom. The van der Waals surface area contributed by atoms with Crippen molar-refractivity contribution in [3.63, 3.8) is 0 Å². The van der Waals surface area contributed by atoms with Crippen molar-refractivity contribution in [2.24, 2.45) is 5.92 Å². The summed E-state index contributed by atoms with van der Waals surface area (Å²) in [6.45, 7) is 2.20. The smallest absolute Gasteiger partial charge is 0.224 e.